The van der Waals surface area contributed by atoms with Crippen LogP contribution in [0.4, 0.5) is 13.2 Å². The first-order valence-electron chi connectivity index (χ1n) is 7.53. The van der Waals surface area contributed by atoms with Crippen LogP contribution in [0.15, 0.2) is 17.7 Å². The van der Waals surface area contributed by atoms with Crippen LogP contribution in [0, 0.1) is 10.1 Å². The predicted molar refractivity (Wildman–Crippen MR) is 89.8 cm³/mol. The van der Waals surface area contributed by atoms with E-state index in [1.54, 1.807) is 0 Å². The number of esters is 2. The summed E-state index contributed by atoms with van der Waals surface area (Å²) in [7, 11) is 0. The van der Waals surface area contributed by atoms with Crippen LogP contribution in [0.5, 0.6) is 5.75 Å². The molecule has 0 unspecified atom stereocenters. The van der Waals surface area contributed by atoms with Gasteiger partial charge in [0.15, 0.2) is 6.61 Å². The molecule has 0 N–H and O–H groups in total. The zero-order valence-corrected chi connectivity index (χ0v) is 15.5. The van der Waals surface area contributed by atoms with Gasteiger partial charge in [0.1, 0.15) is 19.0 Å². The van der Waals surface area contributed by atoms with Gasteiger partial charge < -0.3 is 19.0 Å². The Morgan fingerprint density at radius 2 is 1.86 bits per heavy atom. The van der Waals surface area contributed by atoms with E-state index in [9.17, 15) is 32.9 Å². The number of benzene rings is 1. The molecule has 0 saturated heterocycles. The Hall–Kier alpha value is -2.73. The highest BCUT2D eigenvalue weighted by atomic mass is 35.5. The number of nitrogens with zero attached hydrogens (tertiary/aromatic N) is 1. The van der Waals surface area contributed by atoms with Crippen LogP contribution in [-0.4, -0.2) is 49.1 Å². The minimum atomic E-state index is -4.96. The summed E-state index contributed by atoms with van der Waals surface area (Å²) >= 11 is 11.6. The number of carbonyl (C=O) groups is 2. The number of hydrogen-bond donors (Lipinski definition) is 0. The lowest BCUT2D eigenvalue weighted by atomic mass is 10.0. The number of hydrogen-bond acceptors (Lipinski definition) is 8. The lowest BCUT2D eigenvalue weighted by molar-refractivity contribution is -0.754. The molecule has 0 bridgehead atoms. The molecule has 0 aromatic heterocycles. The first kappa shape index (κ1) is 22.6. The molecule has 1 aromatic rings. The highest BCUT2D eigenvalue weighted by molar-refractivity contribution is 6.36. The molecule has 1 aliphatic heterocycles. The normalized spacial score (nSPS) is 15.5. The Kier molecular flexibility index (Phi) is 7.14. The van der Waals surface area contributed by atoms with Crippen molar-refractivity contribution in [2.24, 2.45) is 0 Å². The third-order valence-corrected chi connectivity index (χ3v) is 3.77. The smallest absolute Gasteiger partial charge is 0.430 e. The fraction of sp³-hybridized carbons (Fsp3) is 0.333. The Morgan fingerprint density at radius 3 is 2.48 bits per heavy atom. The number of rotatable bonds is 7. The van der Waals surface area contributed by atoms with Crippen molar-refractivity contribution in [2.45, 2.75) is 12.3 Å². The fourth-order valence-electron chi connectivity index (χ4n) is 2.17. The van der Waals surface area contributed by atoms with Crippen molar-refractivity contribution in [1.29, 1.82) is 0 Å². The second kappa shape index (κ2) is 9.18. The van der Waals surface area contributed by atoms with E-state index in [0.717, 1.165) is 6.08 Å². The monoisotopic (exact) mass is 459 g/mol. The fourth-order valence-corrected chi connectivity index (χ4v) is 2.72. The van der Waals surface area contributed by atoms with Gasteiger partial charge in [0.25, 0.3) is 5.09 Å². The highest BCUT2D eigenvalue weighted by Crippen LogP contribution is 2.42. The molecule has 0 saturated carbocycles. The van der Waals surface area contributed by atoms with E-state index in [4.69, 9.17) is 27.9 Å². The van der Waals surface area contributed by atoms with E-state index in [-0.39, 0.29) is 21.4 Å². The molecular weight excluding hydrogens is 450 g/mol. The topological polar surface area (TPSA) is 114 Å². The van der Waals surface area contributed by atoms with Crippen LogP contribution >= 0.6 is 23.2 Å². The lowest BCUT2D eigenvalue weighted by Gasteiger charge is -2.28. The number of carbonyl (C=O) groups excluding carboxylic acids is 2. The first-order chi connectivity index (χ1) is 13.5. The summed E-state index contributed by atoms with van der Waals surface area (Å²) in [5.74, 6) is -2.81. The Balaban J connectivity index is 2.06. The molecule has 158 valence electrons. The van der Waals surface area contributed by atoms with Gasteiger partial charge in [-0.2, -0.15) is 13.2 Å². The summed E-state index contributed by atoms with van der Waals surface area (Å²) in [4.78, 5) is 36.9. The molecule has 0 aliphatic carbocycles. The van der Waals surface area contributed by atoms with Crippen LogP contribution in [0.3, 0.4) is 0 Å². The van der Waals surface area contributed by atoms with Crippen LogP contribution in [0.2, 0.25) is 10.0 Å². The van der Waals surface area contributed by atoms with Crippen LogP contribution in [-0.2, 0) is 23.9 Å². The molecule has 29 heavy (non-hydrogen) atoms. The van der Waals surface area contributed by atoms with E-state index in [1.807, 2.05) is 0 Å². The Bertz CT molecular complexity index is 859. The maximum absolute atomic E-state index is 13.3. The SMILES string of the molecule is O=C(CO[N+](=O)[O-])OCCOC(=O)C1=Cc2cc(Cl)cc(Cl)c2O[C@@H]1C(F)(F)F. The van der Waals surface area contributed by atoms with E-state index < -0.39 is 54.7 Å². The third-order valence-electron chi connectivity index (χ3n) is 3.27. The maximum Gasteiger partial charge on any atom is 0.430 e. The van der Waals surface area contributed by atoms with Gasteiger partial charge in [-0.05, 0) is 18.2 Å². The summed E-state index contributed by atoms with van der Waals surface area (Å²) in [5, 5.41) is 8.64. The summed E-state index contributed by atoms with van der Waals surface area (Å²) < 4.78 is 53.9. The van der Waals surface area contributed by atoms with E-state index in [2.05, 4.69) is 14.3 Å². The summed E-state index contributed by atoms with van der Waals surface area (Å²) in [6.45, 7) is -2.17. The molecule has 9 nitrogen and oxygen atoms in total. The number of fused-ring (bicyclic) bond motifs is 1. The molecule has 1 heterocycles. The Morgan fingerprint density at radius 1 is 1.21 bits per heavy atom. The van der Waals surface area contributed by atoms with Crippen molar-refractivity contribution in [1.82, 2.24) is 0 Å². The van der Waals surface area contributed by atoms with Gasteiger partial charge in [-0.3, -0.25) is 0 Å². The second-order valence-electron chi connectivity index (χ2n) is 5.30. The van der Waals surface area contributed by atoms with Crippen LogP contribution in [0.1, 0.15) is 5.56 Å². The minimum absolute atomic E-state index is 0.0401. The quantitative estimate of drug-likeness (QED) is 0.264. The van der Waals surface area contributed by atoms with Gasteiger partial charge in [-0.1, -0.05) is 23.2 Å². The third kappa shape index (κ3) is 6.12. The molecule has 1 aromatic carbocycles. The second-order valence-corrected chi connectivity index (χ2v) is 6.14. The highest BCUT2D eigenvalue weighted by Gasteiger charge is 2.49. The molecule has 0 amide bonds. The lowest BCUT2D eigenvalue weighted by Crippen LogP contribution is -2.41. The Labute approximate surface area is 170 Å². The molecule has 0 radical (unpaired) electrons. The predicted octanol–water partition coefficient (Wildman–Crippen LogP) is 2.99. The van der Waals surface area contributed by atoms with Crippen LogP contribution in [0.25, 0.3) is 6.08 Å². The molecule has 2 rings (SSSR count). The number of alkyl halides is 3. The molecular formula is C15H10Cl2F3NO8. The average Bonchev–Trinajstić information content (AvgIpc) is 2.61. The van der Waals surface area contributed by atoms with E-state index >= 15 is 0 Å². The van der Waals surface area contributed by atoms with Crippen molar-refractivity contribution < 1.29 is 46.9 Å². The zero-order chi connectivity index (χ0) is 21.8. The number of halogens is 5. The van der Waals surface area contributed by atoms with E-state index in [0.29, 0.717) is 0 Å². The summed E-state index contributed by atoms with van der Waals surface area (Å²) in [5.41, 5.74) is -0.829. The van der Waals surface area contributed by atoms with Gasteiger partial charge in [0.05, 0.1) is 10.6 Å². The van der Waals surface area contributed by atoms with Gasteiger partial charge in [-0.25, -0.2) is 9.59 Å². The molecule has 14 heteroatoms. The maximum atomic E-state index is 13.3. The zero-order valence-electron chi connectivity index (χ0n) is 14.0. The summed E-state index contributed by atoms with van der Waals surface area (Å²) in [6, 6.07) is 2.43. The van der Waals surface area contributed by atoms with Gasteiger partial charge in [0, 0.05) is 10.6 Å². The first-order valence-corrected chi connectivity index (χ1v) is 8.28. The van der Waals surface area contributed by atoms with Gasteiger partial charge in [-0.15, -0.1) is 10.1 Å². The summed E-state index contributed by atoms with van der Waals surface area (Å²) in [6.07, 6.45) is -6.72. The minimum Gasteiger partial charge on any atom is -0.474 e. The van der Waals surface area contributed by atoms with Crippen LogP contribution < -0.4 is 4.74 Å². The number of ether oxygens (including phenoxy) is 3. The molecule has 1 aliphatic rings. The largest absolute Gasteiger partial charge is 0.474 e. The molecule has 0 fully saturated rings. The molecule has 0 spiro atoms. The average molecular weight is 460 g/mol. The van der Waals surface area contributed by atoms with Gasteiger partial charge in [0.2, 0.25) is 6.10 Å². The standard InChI is InChI=1S/C15H10Cl2F3NO8/c16-8-3-7-4-9(13(15(18,19)20)29-12(7)10(17)5-8)14(23)27-2-1-26-11(22)6-28-21(24)25/h3-5,13H,1-2,6H2/t13-/m0/s1. The van der Waals surface area contributed by atoms with Gasteiger partial charge >= 0.3 is 18.1 Å². The van der Waals surface area contributed by atoms with Crippen molar-refractivity contribution in [3.8, 4) is 5.75 Å². The van der Waals surface area contributed by atoms with Crippen molar-refractivity contribution >= 4 is 41.2 Å². The van der Waals surface area contributed by atoms with Crippen molar-refractivity contribution in [2.75, 3.05) is 19.8 Å². The van der Waals surface area contributed by atoms with E-state index in [1.165, 1.54) is 12.1 Å². The van der Waals surface area contributed by atoms with Crippen molar-refractivity contribution in [3.05, 3.63) is 43.4 Å². The molecule has 1 atom stereocenters. The van der Waals surface area contributed by atoms with Crippen molar-refractivity contribution in [3.63, 3.8) is 0 Å².